The summed E-state index contributed by atoms with van der Waals surface area (Å²) in [6.45, 7) is 11.3. The molecule has 0 fully saturated rings. The Morgan fingerprint density at radius 3 is 2.07 bits per heavy atom. The molecule has 2 heterocycles. The second-order valence-electron chi connectivity index (χ2n) is 8.23. The van der Waals surface area contributed by atoms with Crippen molar-refractivity contribution in [1.29, 1.82) is 0 Å². The Labute approximate surface area is 177 Å². The van der Waals surface area contributed by atoms with E-state index in [0.717, 1.165) is 5.82 Å². The van der Waals surface area contributed by atoms with E-state index in [2.05, 4.69) is 99.3 Å². The van der Waals surface area contributed by atoms with Gasteiger partial charge in [-0.15, -0.1) is 11.3 Å². The minimum Gasteiger partial charge on any atom is -0.299 e. The summed E-state index contributed by atoms with van der Waals surface area (Å²) in [5.74, 6) is 1.85. The van der Waals surface area contributed by atoms with Gasteiger partial charge in [0.2, 0.25) is 0 Å². The zero-order valence-corrected chi connectivity index (χ0v) is 18.6. The smallest absolute Gasteiger partial charge is 0.154 e. The zero-order valence-electron chi connectivity index (χ0n) is 17.8. The summed E-state index contributed by atoms with van der Waals surface area (Å²) in [5, 5.41) is 2.15. The third-order valence-electron chi connectivity index (χ3n) is 5.47. The summed E-state index contributed by atoms with van der Waals surface area (Å²) < 4.78 is 2.30. The highest BCUT2D eigenvalue weighted by atomic mass is 32.1. The van der Waals surface area contributed by atoms with Crippen molar-refractivity contribution in [3.8, 4) is 27.5 Å². The minimum absolute atomic E-state index is 0.408. The van der Waals surface area contributed by atoms with Crippen LogP contribution in [0.1, 0.15) is 56.2 Å². The summed E-state index contributed by atoms with van der Waals surface area (Å²) in [6.07, 6.45) is 4.04. The van der Waals surface area contributed by atoms with Crippen LogP contribution in [0.3, 0.4) is 0 Å². The van der Waals surface area contributed by atoms with E-state index in [-0.39, 0.29) is 0 Å². The van der Waals surface area contributed by atoms with Gasteiger partial charge in [0.05, 0.1) is 10.6 Å². The quantitative estimate of drug-likeness (QED) is 0.334. The largest absolute Gasteiger partial charge is 0.299 e. The van der Waals surface area contributed by atoms with Crippen LogP contribution in [-0.2, 0) is 0 Å². The van der Waals surface area contributed by atoms with Gasteiger partial charge in [-0.2, -0.15) is 0 Å². The van der Waals surface area contributed by atoms with Crippen LogP contribution in [0.15, 0.2) is 66.3 Å². The van der Waals surface area contributed by atoms with E-state index in [4.69, 9.17) is 4.98 Å². The average Bonchev–Trinajstić information content (AvgIpc) is 3.35. The SMILES string of the molecule is Cc1ccsc1-c1nccn1-c1c(C(C)C)cc(-c2ccccc2)cc1C(C)C. The molecular formula is C26H28N2S. The van der Waals surface area contributed by atoms with Gasteiger partial charge in [0.25, 0.3) is 0 Å². The summed E-state index contributed by atoms with van der Waals surface area (Å²) >= 11 is 1.76. The normalized spacial score (nSPS) is 11.6. The first-order valence-corrected chi connectivity index (χ1v) is 11.2. The van der Waals surface area contributed by atoms with Crippen molar-refractivity contribution < 1.29 is 0 Å². The van der Waals surface area contributed by atoms with Gasteiger partial charge in [-0.05, 0) is 70.2 Å². The predicted molar refractivity (Wildman–Crippen MR) is 125 cm³/mol. The average molecular weight is 401 g/mol. The summed E-state index contributed by atoms with van der Waals surface area (Å²) in [5.41, 5.74) is 7.85. The molecule has 0 unspecified atom stereocenters. The highest BCUT2D eigenvalue weighted by Gasteiger charge is 2.21. The maximum absolute atomic E-state index is 4.75. The van der Waals surface area contributed by atoms with E-state index < -0.39 is 0 Å². The Balaban J connectivity index is 2.00. The van der Waals surface area contributed by atoms with E-state index in [1.165, 1.54) is 38.4 Å². The highest BCUT2D eigenvalue weighted by molar-refractivity contribution is 7.13. The maximum Gasteiger partial charge on any atom is 0.154 e. The Morgan fingerprint density at radius 1 is 0.862 bits per heavy atom. The molecule has 0 saturated heterocycles. The molecule has 3 heteroatoms. The first-order chi connectivity index (χ1) is 14.0. The Kier molecular flexibility index (Phi) is 5.42. The lowest BCUT2D eigenvalue weighted by molar-refractivity contribution is 0.807. The topological polar surface area (TPSA) is 17.8 Å². The third kappa shape index (κ3) is 3.67. The standard InChI is InChI=1S/C26H28N2S/c1-17(2)22-15-21(20-9-7-6-8-10-20)16-23(18(3)4)24(22)28-13-12-27-26(28)25-19(5)11-14-29-25/h6-18H,1-5H3. The van der Waals surface area contributed by atoms with Crippen LogP contribution in [0.5, 0.6) is 0 Å². The van der Waals surface area contributed by atoms with Gasteiger partial charge >= 0.3 is 0 Å². The fraction of sp³-hybridized carbons (Fsp3) is 0.269. The van der Waals surface area contributed by atoms with Crippen LogP contribution in [0.4, 0.5) is 0 Å². The summed E-state index contributed by atoms with van der Waals surface area (Å²) in [4.78, 5) is 5.99. The summed E-state index contributed by atoms with van der Waals surface area (Å²) in [7, 11) is 0. The molecule has 4 aromatic rings. The van der Waals surface area contributed by atoms with Gasteiger partial charge in [0, 0.05) is 12.4 Å². The molecule has 29 heavy (non-hydrogen) atoms. The molecule has 0 saturated carbocycles. The van der Waals surface area contributed by atoms with Crippen molar-refractivity contribution >= 4 is 11.3 Å². The molecule has 0 aliphatic carbocycles. The highest BCUT2D eigenvalue weighted by Crippen LogP contribution is 2.38. The van der Waals surface area contributed by atoms with Gasteiger partial charge in [-0.25, -0.2) is 4.98 Å². The maximum atomic E-state index is 4.75. The van der Waals surface area contributed by atoms with Crippen LogP contribution in [-0.4, -0.2) is 9.55 Å². The van der Waals surface area contributed by atoms with Crippen molar-refractivity contribution in [1.82, 2.24) is 9.55 Å². The van der Waals surface area contributed by atoms with Crippen LogP contribution in [0, 0.1) is 6.92 Å². The molecule has 4 rings (SSSR count). The second kappa shape index (κ2) is 8.00. The monoisotopic (exact) mass is 400 g/mol. The number of benzene rings is 2. The lowest BCUT2D eigenvalue weighted by atomic mass is 9.88. The van der Waals surface area contributed by atoms with Crippen LogP contribution in [0.25, 0.3) is 27.5 Å². The fourth-order valence-corrected chi connectivity index (χ4v) is 4.81. The van der Waals surface area contributed by atoms with Crippen molar-refractivity contribution in [2.45, 2.75) is 46.5 Å². The lowest BCUT2D eigenvalue weighted by Gasteiger charge is -2.23. The number of hydrogen-bond acceptors (Lipinski definition) is 2. The summed E-state index contributed by atoms with van der Waals surface area (Å²) in [6, 6.07) is 17.6. The molecule has 0 atom stereocenters. The molecule has 0 aliphatic heterocycles. The van der Waals surface area contributed by atoms with Gasteiger partial charge in [-0.1, -0.05) is 58.0 Å². The molecule has 2 nitrogen and oxygen atoms in total. The van der Waals surface area contributed by atoms with Crippen molar-refractivity contribution in [3.63, 3.8) is 0 Å². The number of imidazole rings is 1. The number of rotatable bonds is 5. The van der Waals surface area contributed by atoms with Gasteiger partial charge < -0.3 is 0 Å². The van der Waals surface area contributed by atoms with Crippen LogP contribution < -0.4 is 0 Å². The van der Waals surface area contributed by atoms with Gasteiger partial charge in [0.15, 0.2) is 5.82 Å². The van der Waals surface area contributed by atoms with E-state index in [1.807, 2.05) is 6.20 Å². The molecule has 2 aromatic heterocycles. The second-order valence-corrected chi connectivity index (χ2v) is 9.15. The van der Waals surface area contributed by atoms with E-state index in [0.29, 0.717) is 11.8 Å². The Bertz CT molecular complexity index is 1090. The minimum atomic E-state index is 0.408. The van der Waals surface area contributed by atoms with Gasteiger partial charge in [-0.3, -0.25) is 4.57 Å². The van der Waals surface area contributed by atoms with E-state index in [1.54, 1.807) is 11.3 Å². The molecule has 2 aromatic carbocycles. The molecule has 0 radical (unpaired) electrons. The fourth-order valence-electron chi connectivity index (χ4n) is 3.89. The van der Waals surface area contributed by atoms with Crippen molar-refractivity contribution in [2.75, 3.05) is 0 Å². The number of aromatic nitrogens is 2. The van der Waals surface area contributed by atoms with E-state index >= 15 is 0 Å². The molecular weight excluding hydrogens is 372 g/mol. The molecule has 0 amide bonds. The number of thiophene rings is 1. The van der Waals surface area contributed by atoms with Crippen molar-refractivity contribution in [3.05, 3.63) is 83.0 Å². The Hall–Kier alpha value is -2.65. The van der Waals surface area contributed by atoms with Crippen LogP contribution >= 0.6 is 11.3 Å². The molecule has 0 spiro atoms. The lowest BCUT2D eigenvalue weighted by Crippen LogP contribution is -2.08. The first-order valence-electron chi connectivity index (χ1n) is 10.3. The van der Waals surface area contributed by atoms with Crippen LogP contribution in [0.2, 0.25) is 0 Å². The number of aryl methyl sites for hydroxylation is 1. The van der Waals surface area contributed by atoms with E-state index in [9.17, 15) is 0 Å². The Morgan fingerprint density at radius 2 is 1.52 bits per heavy atom. The predicted octanol–water partition coefficient (Wildman–Crippen LogP) is 7.82. The number of hydrogen-bond donors (Lipinski definition) is 0. The van der Waals surface area contributed by atoms with Gasteiger partial charge in [0.1, 0.15) is 0 Å². The zero-order chi connectivity index (χ0) is 20.5. The third-order valence-corrected chi connectivity index (χ3v) is 6.48. The molecule has 0 aliphatic rings. The first kappa shape index (κ1) is 19.7. The molecule has 0 N–H and O–H groups in total. The number of nitrogens with zero attached hydrogens (tertiary/aromatic N) is 2. The van der Waals surface area contributed by atoms with Crippen molar-refractivity contribution in [2.24, 2.45) is 0 Å². The molecule has 0 bridgehead atoms. The molecule has 148 valence electrons.